The van der Waals surface area contributed by atoms with E-state index in [1.54, 1.807) is 11.3 Å². The summed E-state index contributed by atoms with van der Waals surface area (Å²) in [5.41, 5.74) is 2.35. The Bertz CT molecular complexity index is 479. The lowest BCUT2D eigenvalue weighted by Crippen LogP contribution is -2.17. The van der Waals surface area contributed by atoms with Crippen molar-refractivity contribution in [2.75, 3.05) is 0 Å². The smallest absolute Gasteiger partial charge is 0.0438 e. The van der Waals surface area contributed by atoms with Crippen molar-refractivity contribution in [3.63, 3.8) is 0 Å². The van der Waals surface area contributed by atoms with E-state index in [1.807, 2.05) is 13.0 Å². The molecule has 2 aromatic rings. The van der Waals surface area contributed by atoms with Crippen molar-refractivity contribution in [3.8, 4) is 0 Å². The largest absolute Gasteiger partial charge is 0.305 e. The van der Waals surface area contributed by atoms with E-state index in [0.29, 0.717) is 6.04 Å². The summed E-state index contributed by atoms with van der Waals surface area (Å²) in [6, 6.07) is 10.8. The number of hydrogen-bond acceptors (Lipinski definition) is 2. The number of halogens is 1. The van der Waals surface area contributed by atoms with Crippen LogP contribution in [0.5, 0.6) is 0 Å². The number of benzene rings is 1. The van der Waals surface area contributed by atoms with Crippen molar-refractivity contribution in [1.29, 1.82) is 0 Å². The van der Waals surface area contributed by atoms with Gasteiger partial charge in [-0.1, -0.05) is 29.8 Å². The maximum Gasteiger partial charge on any atom is 0.0438 e. The summed E-state index contributed by atoms with van der Waals surface area (Å²) in [5, 5.41) is 6.45. The van der Waals surface area contributed by atoms with Gasteiger partial charge in [-0.15, -0.1) is 11.3 Å². The molecule has 0 aliphatic heterocycles. The van der Waals surface area contributed by atoms with Gasteiger partial charge in [0.15, 0.2) is 0 Å². The van der Waals surface area contributed by atoms with Gasteiger partial charge in [-0.2, -0.15) is 0 Å². The van der Waals surface area contributed by atoms with Crippen molar-refractivity contribution in [2.24, 2.45) is 0 Å². The van der Waals surface area contributed by atoms with Gasteiger partial charge in [0.25, 0.3) is 0 Å². The summed E-state index contributed by atoms with van der Waals surface area (Å²) >= 11 is 7.89. The molecule has 1 N–H and O–H groups in total. The molecule has 0 spiro atoms. The van der Waals surface area contributed by atoms with Crippen molar-refractivity contribution in [1.82, 2.24) is 5.32 Å². The predicted molar refractivity (Wildman–Crippen MR) is 75.8 cm³/mol. The molecule has 0 radical (unpaired) electrons. The Kier molecular flexibility index (Phi) is 4.21. The van der Waals surface area contributed by atoms with Crippen LogP contribution in [0.15, 0.2) is 35.7 Å². The molecule has 17 heavy (non-hydrogen) atoms. The van der Waals surface area contributed by atoms with Gasteiger partial charge in [-0.05, 0) is 42.5 Å². The quantitative estimate of drug-likeness (QED) is 0.855. The van der Waals surface area contributed by atoms with Crippen LogP contribution in [0.1, 0.15) is 29.0 Å². The van der Waals surface area contributed by atoms with Gasteiger partial charge in [0, 0.05) is 22.5 Å². The van der Waals surface area contributed by atoms with Crippen LogP contribution in [-0.4, -0.2) is 0 Å². The highest BCUT2D eigenvalue weighted by molar-refractivity contribution is 7.10. The standard InChI is InChI=1S/C14H16ClNS/c1-10-5-6-12(8-13(10)15)9-16-11(2)14-4-3-7-17-14/h3-8,11,16H,9H2,1-2H3/t11-/m0/s1. The zero-order chi connectivity index (χ0) is 12.3. The average Bonchev–Trinajstić information content (AvgIpc) is 2.84. The number of aryl methyl sites for hydroxylation is 1. The first-order valence-electron chi connectivity index (χ1n) is 5.68. The molecule has 3 heteroatoms. The minimum atomic E-state index is 0.384. The molecule has 2 rings (SSSR count). The molecule has 1 heterocycles. The van der Waals surface area contributed by atoms with Crippen LogP contribution in [0, 0.1) is 6.92 Å². The monoisotopic (exact) mass is 265 g/mol. The number of hydrogen-bond donors (Lipinski definition) is 1. The molecule has 1 atom stereocenters. The lowest BCUT2D eigenvalue weighted by molar-refractivity contribution is 0.583. The van der Waals surface area contributed by atoms with Crippen LogP contribution >= 0.6 is 22.9 Å². The highest BCUT2D eigenvalue weighted by Gasteiger charge is 2.05. The third-order valence-corrected chi connectivity index (χ3v) is 4.28. The van der Waals surface area contributed by atoms with E-state index in [9.17, 15) is 0 Å². The molecule has 0 saturated heterocycles. The minimum absolute atomic E-state index is 0.384. The molecule has 1 aromatic heterocycles. The fourth-order valence-electron chi connectivity index (χ4n) is 1.66. The highest BCUT2D eigenvalue weighted by Crippen LogP contribution is 2.20. The third kappa shape index (κ3) is 3.32. The Labute approximate surface area is 111 Å². The Balaban J connectivity index is 1.96. The second-order valence-corrected chi connectivity index (χ2v) is 5.59. The molecule has 0 fully saturated rings. The minimum Gasteiger partial charge on any atom is -0.305 e. The molecule has 0 amide bonds. The van der Waals surface area contributed by atoms with Crippen LogP contribution in [-0.2, 0) is 6.54 Å². The molecular weight excluding hydrogens is 250 g/mol. The lowest BCUT2D eigenvalue weighted by atomic mass is 10.1. The van der Waals surface area contributed by atoms with Gasteiger partial charge >= 0.3 is 0 Å². The molecule has 0 aliphatic rings. The van der Waals surface area contributed by atoms with E-state index in [1.165, 1.54) is 10.4 Å². The first kappa shape index (κ1) is 12.6. The summed E-state index contributed by atoms with van der Waals surface area (Å²) in [7, 11) is 0. The van der Waals surface area contributed by atoms with Crippen LogP contribution in [0.2, 0.25) is 5.02 Å². The van der Waals surface area contributed by atoms with Gasteiger partial charge < -0.3 is 5.32 Å². The Morgan fingerprint density at radius 3 is 2.82 bits per heavy atom. The van der Waals surface area contributed by atoms with Crippen LogP contribution < -0.4 is 5.32 Å². The first-order chi connectivity index (χ1) is 8.16. The van der Waals surface area contributed by atoms with Crippen molar-refractivity contribution >= 4 is 22.9 Å². The van der Waals surface area contributed by atoms with Crippen LogP contribution in [0.25, 0.3) is 0 Å². The van der Waals surface area contributed by atoms with E-state index < -0.39 is 0 Å². The number of nitrogens with one attached hydrogen (secondary N) is 1. The van der Waals surface area contributed by atoms with E-state index in [2.05, 4.69) is 41.9 Å². The van der Waals surface area contributed by atoms with Gasteiger partial charge in [-0.3, -0.25) is 0 Å². The van der Waals surface area contributed by atoms with Gasteiger partial charge in [0.2, 0.25) is 0 Å². The highest BCUT2D eigenvalue weighted by atomic mass is 35.5. The summed E-state index contributed by atoms with van der Waals surface area (Å²) in [6.45, 7) is 5.05. The maximum atomic E-state index is 6.10. The van der Waals surface area contributed by atoms with Crippen LogP contribution in [0.3, 0.4) is 0 Å². The zero-order valence-electron chi connectivity index (χ0n) is 10.0. The van der Waals surface area contributed by atoms with Gasteiger partial charge in [0.05, 0.1) is 0 Å². The molecule has 1 nitrogen and oxygen atoms in total. The summed E-state index contributed by atoms with van der Waals surface area (Å²) < 4.78 is 0. The van der Waals surface area contributed by atoms with Crippen molar-refractivity contribution in [3.05, 3.63) is 56.7 Å². The number of rotatable bonds is 4. The molecule has 90 valence electrons. The summed E-state index contributed by atoms with van der Waals surface area (Å²) in [6.07, 6.45) is 0. The second-order valence-electron chi connectivity index (χ2n) is 4.20. The predicted octanol–water partition coefficient (Wildman–Crippen LogP) is 4.56. The van der Waals surface area contributed by atoms with Gasteiger partial charge in [0.1, 0.15) is 0 Å². The van der Waals surface area contributed by atoms with Crippen molar-refractivity contribution in [2.45, 2.75) is 26.4 Å². The van der Waals surface area contributed by atoms with E-state index >= 15 is 0 Å². The Morgan fingerprint density at radius 2 is 2.18 bits per heavy atom. The Morgan fingerprint density at radius 1 is 1.35 bits per heavy atom. The zero-order valence-corrected chi connectivity index (χ0v) is 11.6. The normalized spacial score (nSPS) is 12.6. The van der Waals surface area contributed by atoms with E-state index in [-0.39, 0.29) is 0 Å². The maximum absolute atomic E-state index is 6.10. The lowest BCUT2D eigenvalue weighted by Gasteiger charge is -2.12. The van der Waals surface area contributed by atoms with E-state index in [4.69, 9.17) is 11.6 Å². The van der Waals surface area contributed by atoms with Crippen LogP contribution in [0.4, 0.5) is 0 Å². The SMILES string of the molecule is Cc1ccc(CN[C@@H](C)c2cccs2)cc1Cl. The average molecular weight is 266 g/mol. The molecule has 0 aliphatic carbocycles. The summed E-state index contributed by atoms with van der Waals surface area (Å²) in [5.74, 6) is 0. The summed E-state index contributed by atoms with van der Waals surface area (Å²) in [4.78, 5) is 1.36. The number of thiophene rings is 1. The molecule has 0 bridgehead atoms. The topological polar surface area (TPSA) is 12.0 Å². The first-order valence-corrected chi connectivity index (χ1v) is 6.94. The molecule has 1 aromatic carbocycles. The van der Waals surface area contributed by atoms with Gasteiger partial charge in [-0.25, -0.2) is 0 Å². The fraction of sp³-hybridized carbons (Fsp3) is 0.286. The second kappa shape index (κ2) is 5.67. The third-order valence-electron chi connectivity index (χ3n) is 2.82. The molecule has 0 unspecified atom stereocenters. The molecule has 0 saturated carbocycles. The molecular formula is C14H16ClNS. The van der Waals surface area contributed by atoms with Crippen molar-refractivity contribution < 1.29 is 0 Å². The Hall–Kier alpha value is -0.830. The van der Waals surface area contributed by atoms with E-state index in [0.717, 1.165) is 17.1 Å². The fourth-order valence-corrected chi connectivity index (χ4v) is 2.62.